The van der Waals surface area contributed by atoms with Crippen LogP contribution in [0.1, 0.15) is 0 Å². The molecule has 0 aliphatic carbocycles. The second kappa shape index (κ2) is 6.14. The summed E-state index contributed by atoms with van der Waals surface area (Å²) in [5.41, 5.74) is -5.28. The number of nitriles is 1. The molecular formula is C13H14F3N3O2S. The lowest BCUT2D eigenvalue weighted by Gasteiger charge is -2.35. The lowest BCUT2D eigenvalue weighted by Crippen LogP contribution is -2.47. The van der Waals surface area contributed by atoms with Gasteiger partial charge in [0.2, 0.25) is 0 Å². The second-order valence-corrected chi connectivity index (χ2v) is 6.75. The first-order valence-electron chi connectivity index (χ1n) is 6.52. The Morgan fingerprint density at radius 2 is 1.73 bits per heavy atom. The second-order valence-electron chi connectivity index (χ2n) is 4.84. The standard InChI is InChI=1S/C13H14F3N3O2S/c14-13(15,16)22(20,21)12-4-2-1-3-11(12)19-9-7-18(6-5-17)8-10-19/h1-4H,6-10H2. The van der Waals surface area contributed by atoms with E-state index in [2.05, 4.69) is 0 Å². The molecule has 1 aliphatic heterocycles. The molecule has 0 amide bonds. The van der Waals surface area contributed by atoms with Crippen LogP contribution < -0.4 is 4.90 Å². The Hall–Kier alpha value is -1.79. The molecule has 1 saturated heterocycles. The number of benzene rings is 1. The molecule has 22 heavy (non-hydrogen) atoms. The summed E-state index contributed by atoms with van der Waals surface area (Å²) in [5.74, 6) is 0. The van der Waals surface area contributed by atoms with Gasteiger partial charge in [0, 0.05) is 26.2 Å². The summed E-state index contributed by atoms with van der Waals surface area (Å²) >= 11 is 0. The Bertz CT molecular complexity index is 675. The molecule has 2 rings (SSSR count). The fraction of sp³-hybridized carbons (Fsp3) is 0.462. The number of halogens is 3. The topological polar surface area (TPSA) is 64.4 Å². The van der Waals surface area contributed by atoms with E-state index in [-0.39, 0.29) is 12.2 Å². The molecule has 0 bridgehead atoms. The lowest BCUT2D eigenvalue weighted by atomic mass is 10.2. The summed E-state index contributed by atoms with van der Waals surface area (Å²) in [6.45, 7) is 1.97. The normalized spacial score (nSPS) is 17.3. The van der Waals surface area contributed by atoms with Crippen molar-refractivity contribution in [2.24, 2.45) is 0 Å². The molecule has 0 aromatic heterocycles. The van der Waals surface area contributed by atoms with Gasteiger partial charge in [-0.2, -0.15) is 18.4 Å². The number of sulfone groups is 1. The molecule has 0 unspecified atom stereocenters. The van der Waals surface area contributed by atoms with E-state index in [0.29, 0.717) is 26.2 Å². The number of alkyl halides is 3. The van der Waals surface area contributed by atoms with Crippen LogP contribution in [0.2, 0.25) is 0 Å². The van der Waals surface area contributed by atoms with Crippen LogP contribution in [0.5, 0.6) is 0 Å². The molecule has 1 aromatic carbocycles. The summed E-state index contributed by atoms with van der Waals surface area (Å²) < 4.78 is 61.7. The number of para-hydroxylation sites is 1. The van der Waals surface area contributed by atoms with E-state index in [1.54, 1.807) is 4.90 Å². The van der Waals surface area contributed by atoms with Crippen molar-refractivity contribution in [3.63, 3.8) is 0 Å². The van der Waals surface area contributed by atoms with Crippen molar-refractivity contribution < 1.29 is 21.6 Å². The molecule has 1 fully saturated rings. The molecule has 120 valence electrons. The summed E-state index contributed by atoms with van der Waals surface area (Å²) in [4.78, 5) is 2.74. The summed E-state index contributed by atoms with van der Waals surface area (Å²) in [5, 5.41) is 8.63. The minimum absolute atomic E-state index is 0.0523. The third-order valence-electron chi connectivity index (χ3n) is 3.47. The highest BCUT2D eigenvalue weighted by atomic mass is 32.2. The quantitative estimate of drug-likeness (QED) is 0.787. The van der Waals surface area contributed by atoms with Gasteiger partial charge in [0.25, 0.3) is 9.84 Å². The minimum Gasteiger partial charge on any atom is -0.368 e. The van der Waals surface area contributed by atoms with Crippen molar-refractivity contribution >= 4 is 15.5 Å². The Labute approximate surface area is 126 Å². The average molecular weight is 333 g/mol. The number of anilines is 1. The predicted molar refractivity (Wildman–Crippen MR) is 73.9 cm³/mol. The maximum Gasteiger partial charge on any atom is 0.501 e. The van der Waals surface area contributed by atoms with Crippen LogP contribution in [0.25, 0.3) is 0 Å². The van der Waals surface area contributed by atoms with E-state index in [1.807, 2.05) is 11.0 Å². The van der Waals surface area contributed by atoms with Crippen LogP contribution in [0.15, 0.2) is 29.2 Å². The Morgan fingerprint density at radius 3 is 2.27 bits per heavy atom. The first-order valence-corrected chi connectivity index (χ1v) is 8.00. The van der Waals surface area contributed by atoms with Crippen molar-refractivity contribution in [2.75, 3.05) is 37.6 Å². The SMILES string of the molecule is N#CCN1CCN(c2ccccc2S(=O)(=O)C(F)(F)F)CC1. The van der Waals surface area contributed by atoms with Gasteiger partial charge in [-0.15, -0.1) is 0 Å². The third-order valence-corrected chi connectivity index (χ3v) is 5.00. The maximum atomic E-state index is 12.8. The molecule has 0 radical (unpaired) electrons. The van der Waals surface area contributed by atoms with E-state index in [1.165, 1.54) is 18.2 Å². The van der Waals surface area contributed by atoms with Crippen LogP contribution in [-0.4, -0.2) is 51.5 Å². The van der Waals surface area contributed by atoms with Crippen molar-refractivity contribution in [1.82, 2.24) is 4.90 Å². The fourth-order valence-electron chi connectivity index (χ4n) is 2.32. The zero-order valence-corrected chi connectivity index (χ0v) is 12.4. The van der Waals surface area contributed by atoms with Gasteiger partial charge < -0.3 is 4.90 Å². The van der Waals surface area contributed by atoms with Gasteiger partial charge in [-0.05, 0) is 12.1 Å². The number of piperazine rings is 1. The third kappa shape index (κ3) is 3.18. The van der Waals surface area contributed by atoms with Gasteiger partial charge in [0.1, 0.15) is 0 Å². The Morgan fingerprint density at radius 1 is 1.14 bits per heavy atom. The average Bonchev–Trinajstić information content (AvgIpc) is 2.47. The summed E-state index contributed by atoms with van der Waals surface area (Å²) in [6.07, 6.45) is 0. The van der Waals surface area contributed by atoms with E-state index < -0.39 is 20.2 Å². The Balaban J connectivity index is 2.30. The molecule has 0 atom stereocenters. The van der Waals surface area contributed by atoms with Crippen LogP contribution in [0, 0.1) is 11.3 Å². The summed E-state index contributed by atoms with van der Waals surface area (Å²) in [6, 6.07) is 7.13. The number of hydrogen-bond donors (Lipinski definition) is 0. The molecule has 1 aromatic rings. The number of nitrogens with zero attached hydrogens (tertiary/aromatic N) is 3. The zero-order chi connectivity index (χ0) is 16.4. The molecule has 1 aliphatic rings. The van der Waals surface area contributed by atoms with Crippen LogP contribution in [0.4, 0.5) is 18.9 Å². The van der Waals surface area contributed by atoms with Gasteiger partial charge in [-0.3, -0.25) is 4.90 Å². The largest absolute Gasteiger partial charge is 0.501 e. The van der Waals surface area contributed by atoms with Crippen LogP contribution in [-0.2, 0) is 9.84 Å². The van der Waals surface area contributed by atoms with E-state index >= 15 is 0 Å². The highest BCUT2D eigenvalue weighted by Crippen LogP contribution is 2.35. The van der Waals surface area contributed by atoms with Gasteiger partial charge in [-0.1, -0.05) is 12.1 Å². The molecule has 1 heterocycles. The first-order chi connectivity index (χ1) is 10.3. The predicted octanol–water partition coefficient (Wildman–Crippen LogP) is 1.63. The number of hydrogen-bond acceptors (Lipinski definition) is 5. The molecule has 9 heteroatoms. The van der Waals surface area contributed by atoms with Crippen molar-refractivity contribution in [3.05, 3.63) is 24.3 Å². The van der Waals surface area contributed by atoms with Gasteiger partial charge in [0.15, 0.2) is 0 Å². The van der Waals surface area contributed by atoms with Crippen molar-refractivity contribution in [2.45, 2.75) is 10.4 Å². The van der Waals surface area contributed by atoms with Crippen LogP contribution in [0.3, 0.4) is 0 Å². The molecule has 5 nitrogen and oxygen atoms in total. The zero-order valence-electron chi connectivity index (χ0n) is 11.5. The van der Waals surface area contributed by atoms with Gasteiger partial charge >= 0.3 is 5.51 Å². The van der Waals surface area contributed by atoms with E-state index in [9.17, 15) is 21.6 Å². The lowest BCUT2D eigenvalue weighted by molar-refractivity contribution is -0.0435. The monoisotopic (exact) mass is 333 g/mol. The minimum atomic E-state index is -5.39. The van der Waals surface area contributed by atoms with E-state index in [0.717, 1.165) is 6.07 Å². The highest BCUT2D eigenvalue weighted by Gasteiger charge is 2.48. The van der Waals surface area contributed by atoms with Gasteiger partial charge in [0.05, 0.1) is 23.2 Å². The number of rotatable bonds is 3. The van der Waals surface area contributed by atoms with Crippen molar-refractivity contribution in [3.8, 4) is 6.07 Å². The Kier molecular flexibility index (Phi) is 4.63. The van der Waals surface area contributed by atoms with E-state index in [4.69, 9.17) is 5.26 Å². The molecular weight excluding hydrogens is 319 g/mol. The smallest absolute Gasteiger partial charge is 0.368 e. The van der Waals surface area contributed by atoms with Gasteiger partial charge in [-0.25, -0.2) is 8.42 Å². The van der Waals surface area contributed by atoms with Crippen molar-refractivity contribution in [1.29, 1.82) is 5.26 Å². The summed E-state index contributed by atoms with van der Waals surface area (Å²) in [7, 11) is -5.39. The molecule has 0 N–H and O–H groups in total. The molecule has 0 saturated carbocycles. The highest BCUT2D eigenvalue weighted by molar-refractivity contribution is 7.92. The molecule has 0 spiro atoms. The first kappa shape index (κ1) is 16.6. The maximum absolute atomic E-state index is 12.8. The fourth-order valence-corrected chi connectivity index (χ4v) is 3.30. The van der Waals surface area contributed by atoms with Crippen LogP contribution >= 0.6 is 0 Å².